The van der Waals surface area contributed by atoms with Crippen molar-refractivity contribution in [1.82, 2.24) is 25.4 Å². The Hall–Kier alpha value is -2.10. The summed E-state index contributed by atoms with van der Waals surface area (Å²) in [4.78, 5) is 3.87. The summed E-state index contributed by atoms with van der Waals surface area (Å²) < 4.78 is 31.2. The molecule has 2 rings (SSSR count). The molecule has 0 fully saturated rings. The molecule has 18 heavy (non-hydrogen) atoms. The number of methoxy groups -OCH3 is 1. The first-order valence-corrected chi connectivity index (χ1v) is 6.43. The van der Waals surface area contributed by atoms with Gasteiger partial charge in [-0.25, -0.2) is 18.2 Å². The second-order valence-electron chi connectivity index (χ2n) is 3.54. The number of sulfonamides is 1. The number of nitrogens with one attached hydrogen (secondary N) is 3. The summed E-state index contributed by atoms with van der Waals surface area (Å²) in [7, 11) is -2.38. The standard InChI is InChI=1S/C8H12N6O3S/c1-4-6(5(2)11-10-4)18(15,16)14-7-9-8(17-3)13-12-7/h1-3H3,(H,10,11)(H2,9,12,13,14). The van der Waals surface area contributed by atoms with E-state index in [1.54, 1.807) is 13.8 Å². The minimum atomic E-state index is -3.76. The third-order valence-electron chi connectivity index (χ3n) is 2.21. The zero-order chi connectivity index (χ0) is 13.3. The van der Waals surface area contributed by atoms with Gasteiger partial charge in [0.2, 0.25) is 5.95 Å². The van der Waals surface area contributed by atoms with Crippen molar-refractivity contribution in [2.45, 2.75) is 18.7 Å². The van der Waals surface area contributed by atoms with E-state index in [0.29, 0.717) is 11.4 Å². The SMILES string of the molecule is COc1n[nH]c(NS(=O)(=O)c2c(C)n[nH]c2C)n1. The molecule has 0 aromatic carbocycles. The number of aryl methyl sites for hydroxylation is 2. The Labute approximate surface area is 103 Å². The summed E-state index contributed by atoms with van der Waals surface area (Å²) in [5, 5.41) is 12.5. The molecule has 0 aliphatic heterocycles. The number of H-pyrrole nitrogens is 2. The monoisotopic (exact) mass is 272 g/mol. The van der Waals surface area contributed by atoms with Crippen LogP contribution in [-0.4, -0.2) is 40.9 Å². The van der Waals surface area contributed by atoms with Crippen molar-refractivity contribution in [2.24, 2.45) is 0 Å². The van der Waals surface area contributed by atoms with Crippen molar-refractivity contribution in [3.05, 3.63) is 11.4 Å². The van der Waals surface area contributed by atoms with Gasteiger partial charge in [0.25, 0.3) is 10.0 Å². The highest BCUT2D eigenvalue weighted by Gasteiger charge is 2.23. The first-order valence-electron chi connectivity index (χ1n) is 4.95. The first kappa shape index (κ1) is 12.4. The molecular weight excluding hydrogens is 260 g/mol. The Morgan fingerprint density at radius 1 is 1.22 bits per heavy atom. The fourth-order valence-electron chi connectivity index (χ4n) is 1.50. The molecule has 0 saturated carbocycles. The molecule has 3 N–H and O–H groups in total. The third-order valence-corrected chi connectivity index (χ3v) is 3.81. The molecule has 0 amide bonds. The lowest BCUT2D eigenvalue weighted by atomic mass is 10.4. The Morgan fingerprint density at radius 3 is 2.44 bits per heavy atom. The lowest BCUT2D eigenvalue weighted by Crippen LogP contribution is -2.15. The molecule has 0 unspecified atom stereocenters. The van der Waals surface area contributed by atoms with Crippen LogP contribution >= 0.6 is 0 Å². The molecule has 0 aliphatic carbocycles. The minimum Gasteiger partial charge on any atom is -0.466 e. The normalized spacial score (nSPS) is 11.5. The Kier molecular flexibility index (Phi) is 2.95. The topological polar surface area (TPSA) is 126 Å². The number of aromatic amines is 2. The number of hydrogen-bond acceptors (Lipinski definition) is 6. The van der Waals surface area contributed by atoms with Crippen LogP contribution in [0.15, 0.2) is 4.90 Å². The zero-order valence-corrected chi connectivity index (χ0v) is 10.8. The molecule has 0 bridgehead atoms. The highest BCUT2D eigenvalue weighted by molar-refractivity contribution is 7.92. The van der Waals surface area contributed by atoms with Crippen LogP contribution in [0.5, 0.6) is 6.01 Å². The van der Waals surface area contributed by atoms with Gasteiger partial charge in [-0.2, -0.15) is 10.1 Å². The van der Waals surface area contributed by atoms with Gasteiger partial charge in [-0.15, -0.1) is 5.10 Å². The average molecular weight is 272 g/mol. The third kappa shape index (κ3) is 2.14. The Bertz CT molecular complexity index is 639. The van der Waals surface area contributed by atoms with E-state index in [2.05, 4.69) is 30.1 Å². The lowest BCUT2D eigenvalue weighted by Gasteiger charge is -2.04. The van der Waals surface area contributed by atoms with Gasteiger partial charge < -0.3 is 4.74 Å². The van der Waals surface area contributed by atoms with Crippen LogP contribution in [0.25, 0.3) is 0 Å². The van der Waals surface area contributed by atoms with Crippen molar-refractivity contribution in [3.8, 4) is 6.01 Å². The van der Waals surface area contributed by atoms with E-state index < -0.39 is 10.0 Å². The summed E-state index contributed by atoms with van der Waals surface area (Å²) in [6.45, 7) is 3.22. The van der Waals surface area contributed by atoms with E-state index in [9.17, 15) is 8.42 Å². The molecule has 10 heteroatoms. The molecule has 0 aliphatic rings. The van der Waals surface area contributed by atoms with E-state index >= 15 is 0 Å². The van der Waals surface area contributed by atoms with Crippen LogP contribution in [-0.2, 0) is 10.0 Å². The molecule has 2 heterocycles. The summed E-state index contributed by atoms with van der Waals surface area (Å²) in [6, 6.07) is 0.0494. The minimum absolute atomic E-state index is 0.0214. The second-order valence-corrected chi connectivity index (χ2v) is 5.16. The van der Waals surface area contributed by atoms with Gasteiger partial charge in [0.05, 0.1) is 18.5 Å². The Balaban J connectivity index is 2.33. The maximum Gasteiger partial charge on any atom is 0.336 e. The van der Waals surface area contributed by atoms with Crippen molar-refractivity contribution in [1.29, 1.82) is 0 Å². The molecule has 0 spiro atoms. The number of aromatic nitrogens is 5. The van der Waals surface area contributed by atoms with Gasteiger partial charge in [-0.1, -0.05) is 0 Å². The average Bonchev–Trinajstić information content (AvgIpc) is 2.85. The van der Waals surface area contributed by atoms with Crippen LogP contribution in [0.1, 0.15) is 11.4 Å². The zero-order valence-electron chi connectivity index (χ0n) is 9.97. The van der Waals surface area contributed by atoms with Gasteiger partial charge in [-0.05, 0) is 13.8 Å². The summed E-state index contributed by atoms with van der Waals surface area (Å²) >= 11 is 0. The predicted octanol–water partition coefficient (Wildman–Crippen LogP) is -0.0460. The highest BCUT2D eigenvalue weighted by Crippen LogP contribution is 2.19. The molecule has 98 valence electrons. The number of nitrogens with zero attached hydrogens (tertiary/aromatic N) is 3. The quantitative estimate of drug-likeness (QED) is 0.716. The van der Waals surface area contributed by atoms with E-state index in [-0.39, 0.29) is 16.9 Å². The van der Waals surface area contributed by atoms with Gasteiger partial charge >= 0.3 is 6.01 Å². The fraction of sp³-hybridized carbons (Fsp3) is 0.375. The lowest BCUT2D eigenvalue weighted by molar-refractivity contribution is 0.382. The van der Waals surface area contributed by atoms with Crippen LogP contribution in [0.4, 0.5) is 5.95 Å². The maximum atomic E-state index is 12.1. The van der Waals surface area contributed by atoms with Crippen molar-refractivity contribution >= 4 is 16.0 Å². The van der Waals surface area contributed by atoms with Crippen molar-refractivity contribution < 1.29 is 13.2 Å². The van der Waals surface area contributed by atoms with Gasteiger partial charge in [0.1, 0.15) is 4.90 Å². The predicted molar refractivity (Wildman–Crippen MR) is 61.8 cm³/mol. The van der Waals surface area contributed by atoms with Crippen molar-refractivity contribution in [2.75, 3.05) is 11.8 Å². The van der Waals surface area contributed by atoms with Crippen molar-refractivity contribution in [3.63, 3.8) is 0 Å². The molecule has 9 nitrogen and oxygen atoms in total. The van der Waals surface area contributed by atoms with Gasteiger partial charge in [0.15, 0.2) is 0 Å². The Morgan fingerprint density at radius 2 is 1.94 bits per heavy atom. The largest absolute Gasteiger partial charge is 0.466 e. The fourth-order valence-corrected chi connectivity index (χ4v) is 2.83. The summed E-state index contributed by atoms with van der Waals surface area (Å²) in [6.07, 6.45) is 0. The number of rotatable bonds is 4. The van der Waals surface area contributed by atoms with E-state index in [1.807, 2.05) is 0 Å². The van der Waals surface area contributed by atoms with E-state index in [1.165, 1.54) is 7.11 Å². The van der Waals surface area contributed by atoms with Gasteiger partial charge in [0, 0.05) is 0 Å². The van der Waals surface area contributed by atoms with Crippen LogP contribution in [0, 0.1) is 13.8 Å². The van der Waals surface area contributed by atoms with Crippen LogP contribution < -0.4 is 9.46 Å². The molecule has 2 aromatic rings. The maximum absolute atomic E-state index is 12.1. The van der Waals surface area contributed by atoms with E-state index in [4.69, 9.17) is 4.74 Å². The van der Waals surface area contributed by atoms with E-state index in [0.717, 1.165) is 0 Å². The number of ether oxygens (including phenoxy) is 1. The summed E-state index contributed by atoms with van der Waals surface area (Å²) in [5.74, 6) is -0.0214. The first-order chi connectivity index (χ1) is 8.44. The van der Waals surface area contributed by atoms with Crippen LogP contribution in [0.2, 0.25) is 0 Å². The molecule has 2 aromatic heterocycles. The van der Waals surface area contributed by atoms with Gasteiger partial charge in [-0.3, -0.25) is 5.10 Å². The second kappa shape index (κ2) is 4.29. The van der Waals surface area contributed by atoms with Crippen LogP contribution in [0.3, 0.4) is 0 Å². The molecule has 0 saturated heterocycles. The molecule has 0 radical (unpaired) electrons. The highest BCUT2D eigenvalue weighted by atomic mass is 32.2. The molecule has 0 atom stereocenters. The number of hydrogen-bond donors (Lipinski definition) is 3. The number of anilines is 1. The smallest absolute Gasteiger partial charge is 0.336 e. The summed E-state index contributed by atoms with van der Waals surface area (Å²) in [5.41, 5.74) is 0.831. The molecular formula is C8H12N6O3S.